The highest BCUT2D eigenvalue weighted by Gasteiger charge is 2.54. The Morgan fingerprint density at radius 2 is 1.79 bits per heavy atom. The predicted molar refractivity (Wildman–Crippen MR) is 104 cm³/mol. The summed E-state index contributed by atoms with van der Waals surface area (Å²) >= 11 is 0. The Bertz CT molecular complexity index is 944. The monoisotopic (exact) mass is 405 g/mol. The van der Waals surface area contributed by atoms with Crippen molar-refractivity contribution in [2.75, 3.05) is 0 Å². The second-order valence-corrected chi connectivity index (χ2v) is 9.93. The van der Waals surface area contributed by atoms with Crippen LogP contribution in [-0.4, -0.2) is 30.3 Å². The first-order valence-electron chi connectivity index (χ1n) is 9.21. The van der Waals surface area contributed by atoms with Gasteiger partial charge < -0.3 is 5.11 Å². The van der Waals surface area contributed by atoms with Gasteiger partial charge in [0.15, 0.2) is 9.84 Å². The van der Waals surface area contributed by atoms with E-state index >= 15 is 0 Å². The molecular formula is C21H24FNO4S. The van der Waals surface area contributed by atoms with Gasteiger partial charge in [-0.25, -0.2) is 12.8 Å². The van der Waals surface area contributed by atoms with Gasteiger partial charge in [-0.05, 0) is 48.6 Å². The molecule has 0 saturated carbocycles. The van der Waals surface area contributed by atoms with Gasteiger partial charge in [-0.15, -0.1) is 0 Å². The van der Waals surface area contributed by atoms with E-state index in [-0.39, 0.29) is 17.2 Å². The van der Waals surface area contributed by atoms with Crippen molar-refractivity contribution in [2.45, 2.75) is 48.4 Å². The molecule has 1 fully saturated rings. The predicted octanol–water partition coefficient (Wildman–Crippen LogP) is 3.57. The Morgan fingerprint density at radius 1 is 1.18 bits per heavy atom. The molecule has 2 aromatic carbocycles. The highest BCUT2D eigenvalue weighted by molar-refractivity contribution is 7.92. The summed E-state index contributed by atoms with van der Waals surface area (Å²) in [7, 11) is -3.81. The molecule has 0 amide bonds. The molecule has 3 atom stereocenters. The fourth-order valence-corrected chi connectivity index (χ4v) is 6.00. The van der Waals surface area contributed by atoms with E-state index in [1.165, 1.54) is 36.4 Å². The average Bonchev–Trinajstić information content (AvgIpc) is 3.04. The average molecular weight is 405 g/mol. The van der Waals surface area contributed by atoms with Gasteiger partial charge in [0, 0.05) is 0 Å². The fourth-order valence-electron chi connectivity index (χ4n) is 4.03. The molecule has 1 heterocycles. The molecule has 0 aliphatic carbocycles. The van der Waals surface area contributed by atoms with Gasteiger partial charge in [-0.1, -0.05) is 44.2 Å². The molecule has 0 bridgehead atoms. The van der Waals surface area contributed by atoms with Crippen LogP contribution in [0, 0.1) is 11.7 Å². The van der Waals surface area contributed by atoms with E-state index in [2.05, 4.69) is 5.32 Å². The van der Waals surface area contributed by atoms with E-state index in [0.717, 1.165) is 0 Å². The second kappa shape index (κ2) is 7.64. The van der Waals surface area contributed by atoms with Crippen LogP contribution in [0.3, 0.4) is 0 Å². The number of aliphatic carboxylic acids is 1. The molecule has 1 aliphatic heterocycles. The Morgan fingerprint density at radius 3 is 2.32 bits per heavy atom. The summed E-state index contributed by atoms with van der Waals surface area (Å²) in [5, 5.41) is 12.1. The van der Waals surface area contributed by atoms with Crippen molar-refractivity contribution in [3.8, 4) is 0 Å². The van der Waals surface area contributed by atoms with Gasteiger partial charge in [-0.3, -0.25) is 10.1 Å². The van der Waals surface area contributed by atoms with Crippen molar-refractivity contribution in [2.24, 2.45) is 5.92 Å². The topological polar surface area (TPSA) is 83.5 Å². The quantitative estimate of drug-likeness (QED) is 0.768. The Kier molecular flexibility index (Phi) is 5.59. The molecule has 0 spiro atoms. The number of benzene rings is 2. The summed E-state index contributed by atoms with van der Waals surface area (Å²) in [6.45, 7) is 3.80. The standard InChI is InChI=1S/C21H24FNO4S/c1-14(2)12-21(20(24)25)13-18(28(26,27)17-6-4-3-5-7-17)19(23-21)15-8-10-16(22)11-9-15/h3-11,14,18-19,23H,12-13H2,1-2H3,(H,24,25)/t18-,19?,21+/m0/s1. The van der Waals surface area contributed by atoms with Crippen LogP contribution >= 0.6 is 0 Å². The number of carbonyl (C=O) groups is 1. The number of halogens is 1. The minimum Gasteiger partial charge on any atom is -0.480 e. The molecule has 3 rings (SSSR count). The third kappa shape index (κ3) is 3.82. The normalized spacial score (nSPS) is 25.1. The van der Waals surface area contributed by atoms with Crippen LogP contribution < -0.4 is 5.32 Å². The van der Waals surface area contributed by atoms with Crippen LogP contribution in [0.4, 0.5) is 4.39 Å². The highest BCUT2D eigenvalue weighted by Crippen LogP contribution is 2.42. The summed E-state index contributed by atoms with van der Waals surface area (Å²) < 4.78 is 40.1. The number of rotatable bonds is 6. The number of sulfone groups is 1. The summed E-state index contributed by atoms with van der Waals surface area (Å²) in [6.07, 6.45) is 0.237. The zero-order valence-electron chi connectivity index (χ0n) is 15.8. The van der Waals surface area contributed by atoms with Crippen LogP contribution in [0.1, 0.15) is 38.3 Å². The van der Waals surface area contributed by atoms with Gasteiger partial charge in [0.25, 0.3) is 0 Å². The zero-order chi connectivity index (χ0) is 20.5. The molecule has 0 radical (unpaired) electrons. The molecule has 5 nitrogen and oxygen atoms in total. The Hall–Kier alpha value is -2.25. The minimum absolute atomic E-state index is 0.0515. The van der Waals surface area contributed by atoms with Crippen LogP contribution in [-0.2, 0) is 14.6 Å². The molecule has 7 heteroatoms. The van der Waals surface area contributed by atoms with E-state index in [4.69, 9.17) is 0 Å². The number of carboxylic acids is 1. The maximum absolute atomic E-state index is 13.4. The van der Waals surface area contributed by atoms with Gasteiger partial charge in [0.05, 0.1) is 16.2 Å². The lowest BCUT2D eigenvalue weighted by Gasteiger charge is -2.27. The molecule has 1 aliphatic rings. The molecule has 28 heavy (non-hydrogen) atoms. The van der Waals surface area contributed by atoms with Gasteiger partial charge in [0.1, 0.15) is 11.4 Å². The molecule has 150 valence electrons. The number of hydrogen-bond donors (Lipinski definition) is 2. The third-order valence-electron chi connectivity index (χ3n) is 5.22. The smallest absolute Gasteiger partial charge is 0.323 e. The van der Waals surface area contributed by atoms with E-state index in [1.54, 1.807) is 18.2 Å². The lowest BCUT2D eigenvalue weighted by atomic mass is 9.87. The van der Waals surface area contributed by atoms with Gasteiger partial charge in [-0.2, -0.15) is 0 Å². The van der Waals surface area contributed by atoms with Crippen molar-refractivity contribution < 1.29 is 22.7 Å². The molecule has 1 unspecified atom stereocenters. The molecule has 1 saturated heterocycles. The zero-order valence-corrected chi connectivity index (χ0v) is 16.6. The Labute approximate surface area is 164 Å². The lowest BCUT2D eigenvalue weighted by molar-refractivity contribution is -0.145. The summed E-state index contributed by atoms with van der Waals surface area (Å²) in [4.78, 5) is 12.3. The molecule has 2 aromatic rings. The minimum atomic E-state index is -3.81. The van der Waals surface area contributed by atoms with Crippen molar-refractivity contribution in [3.05, 3.63) is 66.0 Å². The van der Waals surface area contributed by atoms with Gasteiger partial charge in [0.2, 0.25) is 0 Å². The van der Waals surface area contributed by atoms with E-state index in [1.807, 2.05) is 13.8 Å². The van der Waals surface area contributed by atoms with Crippen molar-refractivity contribution in [1.82, 2.24) is 5.32 Å². The van der Waals surface area contributed by atoms with E-state index in [9.17, 15) is 22.7 Å². The van der Waals surface area contributed by atoms with Crippen molar-refractivity contribution in [3.63, 3.8) is 0 Å². The molecule has 2 N–H and O–H groups in total. The SMILES string of the molecule is CC(C)C[C@]1(C(=O)O)C[C@H](S(=O)(=O)c2ccccc2)C(c2ccc(F)cc2)N1. The maximum Gasteiger partial charge on any atom is 0.323 e. The maximum atomic E-state index is 13.4. The van der Waals surface area contributed by atoms with Crippen LogP contribution in [0.25, 0.3) is 0 Å². The highest BCUT2D eigenvalue weighted by atomic mass is 32.2. The van der Waals surface area contributed by atoms with Crippen LogP contribution in [0.5, 0.6) is 0 Å². The number of hydrogen-bond acceptors (Lipinski definition) is 4. The van der Waals surface area contributed by atoms with E-state index in [0.29, 0.717) is 12.0 Å². The van der Waals surface area contributed by atoms with Gasteiger partial charge >= 0.3 is 5.97 Å². The third-order valence-corrected chi connectivity index (χ3v) is 7.38. The summed E-state index contributed by atoms with van der Waals surface area (Å²) in [5.41, 5.74) is -0.808. The first-order valence-corrected chi connectivity index (χ1v) is 10.8. The Balaban J connectivity index is 2.10. The molecule has 0 aromatic heterocycles. The first-order chi connectivity index (χ1) is 13.2. The fraction of sp³-hybridized carbons (Fsp3) is 0.381. The van der Waals surface area contributed by atoms with E-state index < -0.39 is 38.5 Å². The lowest BCUT2D eigenvalue weighted by Crippen LogP contribution is -2.49. The first kappa shape index (κ1) is 20.5. The van der Waals surface area contributed by atoms with Crippen LogP contribution in [0.15, 0.2) is 59.5 Å². The van der Waals surface area contributed by atoms with Crippen LogP contribution in [0.2, 0.25) is 0 Å². The van der Waals surface area contributed by atoms with Crippen molar-refractivity contribution >= 4 is 15.8 Å². The summed E-state index contributed by atoms with van der Waals surface area (Å²) in [5.74, 6) is -1.45. The number of carboxylic acid groups (broad SMARTS) is 1. The summed E-state index contributed by atoms with van der Waals surface area (Å²) in [6, 6.07) is 12.8. The number of nitrogens with one attached hydrogen (secondary N) is 1. The molecular weight excluding hydrogens is 381 g/mol. The largest absolute Gasteiger partial charge is 0.480 e. The van der Waals surface area contributed by atoms with Crippen molar-refractivity contribution in [1.29, 1.82) is 0 Å². The second-order valence-electron chi connectivity index (χ2n) is 7.76.